The van der Waals surface area contributed by atoms with Crippen molar-refractivity contribution in [3.8, 4) is 5.75 Å². The van der Waals surface area contributed by atoms with E-state index in [2.05, 4.69) is 12.2 Å². The van der Waals surface area contributed by atoms with Crippen molar-refractivity contribution in [1.82, 2.24) is 15.1 Å². The molecular formula is C23H35N3O3. The second-order valence-electron chi connectivity index (χ2n) is 8.68. The maximum absolute atomic E-state index is 12.8. The van der Waals surface area contributed by atoms with Crippen molar-refractivity contribution in [3.63, 3.8) is 0 Å². The van der Waals surface area contributed by atoms with Gasteiger partial charge < -0.3 is 19.9 Å². The van der Waals surface area contributed by atoms with Crippen LogP contribution in [-0.2, 0) is 11.2 Å². The fourth-order valence-corrected chi connectivity index (χ4v) is 4.32. The molecule has 0 spiro atoms. The molecule has 0 aliphatic carbocycles. The Morgan fingerprint density at radius 3 is 2.41 bits per heavy atom. The van der Waals surface area contributed by atoms with Crippen molar-refractivity contribution >= 4 is 11.9 Å². The van der Waals surface area contributed by atoms with E-state index in [1.165, 1.54) is 0 Å². The van der Waals surface area contributed by atoms with Crippen LogP contribution in [-0.4, -0.2) is 61.1 Å². The van der Waals surface area contributed by atoms with Gasteiger partial charge in [-0.1, -0.05) is 19.1 Å². The minimum Gasteiger partial charge on any atom is -0.497 e. The maximum Gasteiger partial charge on any atom is 0.317 e. The van der Waals surface area contributed by atoms with Gasteiger partial charge in [-0.3, -0.25) is 4.79 Å². The molecule has 6 nitrogen and oxygen atoms in total. The van der Waals surface area contributed by atoms with Crippen molar-refractivity contribution in [1.29, 1.82) is 0 Å². The first-order chi connectivity index (χ1) is 14.0. The van der Waals surface area contributed by atoms with E-state index in [9.17, 15) is 9.59 Å². The first-order valence-electron chi connectivity index (χ1n) is 10.9. The normalized spacial score (nSPS) is 19.7. The average molecular weight is 402 g/mol. The summed E-state index contributed by atoms with van der Waals surface area (Å²) in [5, 5.41) is 3.10. The number of methoxy groups -OCH3 is 1. The van der Waals surface area contributed by atoms with Gasteiger partial charge in [0.25, 0.3) is 0 Å². The van der Waals surface area contributed by atoms with Crippen LogP contribution in [0, 0.1) is 11.8 Å². The number of nitrogens with zero attached hydrogens (tertiary/aromatic N) is 2. The van der Waals surface area contributed by atoms with Crippen LogP contribution in [0.4, 0.5) is 4.79 Å². The topological polar surface area (TPSA) is 61.9 Å². The molecule has 0 aromatic heterocycles. The van der Waals surface area contributed by atoms with Gasteiger partial charge in [-0.25, -0.2) is 4.79 Å². The Labute approximate surface area is 174 Å². The van der Waals surface area contributed by atoms with Crippen LogP contribution in [0.15, 0.2) is 24.3 Å². The second kappa shape index (κ2) is 9.99. The molecule has 0 saturated carbocycles. The number of hydrogen-bond acceptors (Lipinski definition) is 3. The van der Waals surface area contributed by atoms with Crippen molar-refractivity contribution in [2.45, 2.75) is 52.0 Å². The molecule has 2 saturated heterocycles. The van der Waals surface area contributed by atoms with Crippen LogP contribution in [0.25, 0.3) is 0 Å². The number of piperidine rings is 2. The summed E-state index contributed by atoms with van der Waals surface area (Å²) in [4.78, 5) is 29.3. The number of nitrogens with one attached hydrogen (secondary N) is 1. The number of likely N-dealkylation sites (tertiary alicyclic amines) is 2. The lowest BCUT2D eigenvalue weighted by atomic mass is 9.93. The number of hydrogen-bond donors (Lipinski definition) is 1. The highest BCUT2D eigenvalue weighted by Gasteiger charge is 2.31. The number of carbonyl (C=O) groups excluding carboxylic acids is 2. The quantitative estimate of drug-likeness (QED) is 0.823. The van der Waals surface area contributed by atoms with Crippen molar-refractivity contribution in [3.05, 3.63) is 29.8 Å². The zero-order chi connectivity index (χ0) is 20.8. The van der Waals surface area contributed by atoms with Gasteiger partial charge in [0.2, 0.25) is 5.91 Å². The molecular weight excluding hydrogens is 366 g/mol. The molecule has 1 N–H and O–H groups in total. The molecule has 160 valence electrons. The Balaban J connectivity index is 1.42. The van der Waals surface area contributed by atoms with Crippen molar-refractivity contribution < 1.29 is 14.3 Å². The first kappa shape index (κ1) is 21.5. The van der Waals surface area contributed by atoms with Crippen LogP contribution < -0.4 is 10.1 Å². The molecule has 2 aliphatic rings. The summed E-state index contributed by atoms with van der Waals surface area (Å²) >= 11 is 0. The number of benzene rings is 1. The maximum atomic E-state index is 12.8. The monoisotopic (exact) mass is 401 g/mol. The summed E-state index contributed by atoms with van der Waals surface area (Å²) in [6, 6.07) is 7.93. The molecule has 1 atom stereocenters. The highest BCUT2D eigenvalue weighted by Crippen LogP contribution is 2.23. The predicted octanol–water partition coefficient (Wildman–Crippen LogP) is 3.31. The lowest BCUT2D eigenvalue weighted by molar-refractivity contribution is -0.138. The third-order valence-electron chi connectivity index (χ3n) is 6.27. The Kier molecular flexibility index (Phi) is 7.40. The van der Waals surface area contributed by atoms with Crippen LogP contribution in [0.2, 0.25) is 0 Å². The molecule has 0 radical (unpaired) electrons. The molecule has 2 aliphatic heterocycles. The van der Waals surface area contributed by atoms with Gasteiger partial charge >= 0.3 is 6.03 Å². The lowest BCUT2D eigenvalue weighted by Crippen LogP contribution is -2.50. The number of rotatable bonds is 5. The van der Waals surface area contributed by atoms with E-state index in [1.807, 2.05) is 41.0 Å². The van der Waals surface area contributed by atoms with Crippen LogP contribution >= 0.6 is 0 Å². The van der Waals surface area contributed by atoms with Gasteiger partial charge in [0, 0.05) is 38.1 Å². The number of carbonyl (C=O) groups is 2. The standard InChI is InChI=1S/C23H35N3O3/c1-17-7-11-25(12-8-17)22(27)20-9-13-26(14-10-20)23(28)24-18(2)15-19-5-4-6-21(16-19)29-3/h4-6,16-18,20H,7-15H2,1-3H3,(H,24,28). The second-order valence-corrected chi connectivity index (χ2v) is 8.68. The Morgan fingerprint density at radius 1 is 1.10 bits per heavy atom. The number of urea groups is 1. The zero-order valence-corrected chi connectivity index (χ0v) is 18.0. The third kappa shape index (κ3) is 5.87. The van der Waals surface area contributed by atoms with E-state index in [0.29, 0.717) is 19.0 Å². The van der Waals surface area contributed by atoms with Gasteiger partial charge in [0.1, 0.15) is 5.75 Å². The minimum absolute atomic E-state index is 0.0295. The third-order valence-corrected chi connectivity index (χ3v) is 6.27. The first-order valence-corrected chi connectivity index (χ1v) is 10.9. The number of ether oxygens (including phenoxy) is 1. The van der Waals surface area contributed by atoms with Crippen molar-refractivity contribution in [2.75, 3.05) is 33.3 Å². The fourth-order valence-electron chi connectivity index (χ4n) is 4.32. The molecule has 0 bridgehead atoms. The molecule has 6 heteroatoms. The molecule has 2 fully saturated rings. The summed E-state index contributed by atoms with van der Waals surface area (Å²) in [6.45, 7) is 7.36. The van der Waals surface area contributed by atoms with Crippen molar-refractivity contribution in [2.24, 2.45) is 11.8 Å². The highest BCUT2D eigenvalue weighted by atomic mass is 16.5. The van der Waals surface area contributed by atoms with Gasteiger partial charge in [0.05, 0.1) is 7.11 Å². The summed E-state index contributed by atoms with van der Waals surface area (Å²) in [5.74, 6) is 1.92. The smallest absolute Gasteiger partial charge is 0.317 e. The Hall–Kier alpha value is -2.24. The van der Waals surface area contributed by atoms with E-state index >= 15 is 0 Å². The molecule has 2 heterocycles. The Morgan fingerprint density at radius 2 is 1.76 bits per heavy atom. The summed E-state index contributed by atoms with van der Waals surface area (Å²) in [6.07, 6.45) is 4.51. The molecule has 3 rings (SSSR count). The lowest BCUT2D eigenvalue weighted by Gasteiger charge is -2.37. The van der Waals surface area contributed by atoms with Crippen LogP contribution in [0.3, 0.4) is 0 Å². The number of amides is 3. The average Bonchev–Trinajstić information content (AvgIpc) is 2.74. The molecule has 3 amide bonds. The van der Waals surface area contributed by atoms with E-state index in [-0.39, 0.29) is 18.0 Å². The zero-order valence-electron chi connectivity index (χ0n) is 18.0. The molecule has 1 aromatic carbocycles. The van der Waals surface area contributed by atoms with Gasteiger partial charge in [-0.05, 0) is 62.6 Å². The summed E-state index contributed by atoms with van der Waals surface area (Å²) in [5.41, 5.74) is 1.14. The Bertz CT molecular complexity index is 692. The van der Waals surface area contributed by atoms with Gasteiger partial charge in [0.15, 0.2) is 0 Å². The largest absolute Gasteiger partial charge is 0.497 e. The minimum atomic E-state index is -0.0295. The SMILES string of the molecule is COc1cccc(CC(C)NC(=O)N2CCC(C(=O)N3CCC(C)CC3)CC2)c1. The van der Waals surface area contributed by atoms with E-state index in [4.69, 9.17) is 4.74 Å². The van der Waals surface area contributed by atoms with Gasteiger partial charge in [-0.15, -0.1) is 0 Å². The fraction of sp³-hybridized carbons (Fsp3) is 0.652. The van der Waals surface area contributed by atoms with Crippen LogP contribution in [0.5, 0.6) is 5.75 Å². The van der Waals surface area contributed by atoms with Crippen LogP contribution in [0.1, 0.15) is 45.1 Å². The summed E-state index contributed by atoms with van der Waals surface area (Å²) < 4.78 is 5.26. The predicted molar refractivity (Wildman–Crippen MR) is 114 cm³/mol. The molecule has 1 unspecified atom stereocenters. The van der Waals surface area contributed by atoms with Gasteiger partial charge in [-0.2, -0.15) is 0 Å². The molecule has 1 aromatic rings. The van der Waals surface area contributed by atoms with E-state index in [0.717, 1.165) is 62.4 Å². The highest BCUT2D eigenvalue weighted by molar-refractivity contribution is 5.80. The molecule has 29 heavy (non-hydrogen) atoms. The summed E-state index contributed by atoms with van der Waals surface area (Å²) in [7, 11) is 1.66. The van der Waals surface area contributed by atoms with E-state index in [1.54, 1.807) is 7.11 Å². The van der Waals surface area contributed by atoms with E-state index < -0.39 is 0 Å².